The Kier molecular flexibility index (Phi) is 5.72. The summed E-state index contributed by atoms with van der Waals surface area (Å²) in [6.07, 6.45) is 3.31. The van der Waals surface area contributed by atoms with Crippen LogP contribution in [0.4, 0.5) is 0 Å². The molecule has 0 unspecified atom stereocenters. The maximum Gasteiger partial charge on any atom is 0.266 e. The Bertz CT molecular complexity index is 1090. The molecule has 0 bridgehead atoms. The second-order valence-corrected chi connectivity index (χ2v) is 8.50. The molecule has 1 amide bonds. The normalized spacial score (nSPS) is 14.7. The van der Waals surface area contributed by atoms with Crippen LogP contribution in [0.15, 0.2) is 58.5 Å². The van der Waals surface area contributed by atoms with E-state index in [0.717, 1.165) is 12.1 Å². The number of benzene rings is 2. The first-order valence-electron chi connectivity index (χ1n) is 10.1. The highest BCUT2D eigenvalue weighted by Gasteiger charge is 2.28. The number of hydrogen-bond donors (Lipinski definition) is 1. The standard InChI is InChI=1S/C23H25N3O2S/c1-3-16-8-12-18(13-9-16)26-22(28)19-6-4-5-7-20(19)25-23(26)29-14-21(27)24-15(2)17-10-11-17/h4-9,12-13,15,17H,3,10-11,14H2,1-2H3,(H,24,27)/t15-/m1/s1. The molecule has 5 nitrogen and oxygen atoms in total. The summed E-state index contributed by atoms with van der Waals surface area (Å²) in [5, 5.41) is 4.17. The molecule has 150 valence electrons. The van der Waals surface area contributed by atoms with E-state index in [4.69, 9.17) is 4.98 Å². The minimum absolute atomic E-state index is 0.0234. The van der Waals surface area contributed by atoms with Crippen molar-refractivity contribution in [2.24, 2.45) is 5.92 Å². The van der Waals surface area contributed by atoms with Crippen LogP contribution < -0.4 is 10.9 Å². The molecule has 1 fully saturated rings. The molecule has 0 spiro atoms. The zero-order chi connectivity index (χ0) is 20.4. The predicted octanol–water partition coefficient (Wildman–Crippen LogP) is 3.95. The average Bonchev–Trinajstić information content (AvgIpc) is 3.58. The van der Waals surface area contributed by atoms with Gasteiger partial charge in [-0.3, -0.25) is 14.2 Å². The van der Waals surface area contributed by atoms with Crippen LogP contribution in [0.3, 0.4) is 0 Å². The lowest BCUT2D eigenvalue weighted by Crippen LogP contribution is -2.35. The third-order valence-corrected chi connectivity index (χ3v) is 6.34. The van der Waals surface area contributed by atoms with Gasteiger partial charge >= 0.3 is 0 Å². The van der Waals surface area contributed by atoms with Crippen molar-refractivity contribution in [2.75, 3.05) is 5.75 Å². The number of aryl methyl sites for hydroxylation is 1. The van der Waals surface area contributed by atoms with Gasteiger partial charge in [0.1, 0.15) is 0 Å². The van der Waals surface area contributed by atoms with Gasteiger partial charge in [0.2, 0.25) is 5.91 Å². The van der Waals surface area contributed by atoms with Crippen molar-refractivity contribution >= 4 is 28.6 Å². The molecule has 1 heterocycles. The molecular weight excluding hydrogens is 382 g/mol. The number of fused-ring (bicyclic) bond motifs is 1. The van der Waals surface area contributed by atoms with Gasteiger partial charge in [0.05, 0.1) is 22.3 Å². The van der Waals surface area contributed by atoms with Crippen molar-refractivity contribution in [3.8, 4) is 5.69 Å². The first-order chi connectivity index (χ1) is 14.1. The van der Waals surface area contributed by atoms with Crippen LogP contribution in [0, 0.1) is 5.92 Å². The molecule has 2 aromatic carbocycles. The third-order valence-electron chi connectivity index (χ3n) is 5.40. The molecule has 0 aliphatic heterocycles. The Labute approximate surface area is 174 Å². The Balaban J connectivity index is 1.67. The zero-order valence-corrected chi connectivity index (χ0v) is 17.5. The fourth-order valence-corrected chi connectivity index (χ4v) is 4.28. The van der Waals surface area contributed by atoms with Gasteiger partial charge in [-0.15, -0.1) is 0 Å². The van der Waals surface area contributed by atoms with Crippen molar-refractivity contribution in [1.82, 2.24) is 14.9 Å². The minimum Gasteiger partial charge on any atom is -0.353 e. The topological polar surface area (TPSA) is 64.0 Å². The first kappa shape index (κ1) is 19.7. The molecule has 1 aliphatic rings. The van der Waals surface area contributed by atoms with Gasteiger partial charge in [-0.2, -0.15) is 0 Å². The quantitative estimate of drug-likeness (QED) is 0.476. The predicted molar refractivity (Wildman–Crippen MR) is 118 cm³/mol. The largest absolute Gasteiger partial charge is 0.353 e. The molecule has 0 radical (unpaired) electrons. The van der Waals surface area contributed by atoms with E-state index >= 15 is 0 Å². The number of carbonyl (C=O) groups excluding carboxylic acids is 1. The summed E-state index contributed by atoms with van der Waals surface area (Å²) in [7, 11) is 0. The van der Waals surface area contributed by atoms with E-state index < -0.39 is 0 Å². The minimum atomic E-state index is -0.117. The summed E-state index contributed by atoms with van der Waals surface area (Å²) in [5.41, 5.74) is 2.50. The summed E-state index contributed by atoms with van der Waals surface area (Å²) in [6.45, 7) is 4.15. The van der Waals surface area contributed by atoms with E-state index in [1.54, 1.807) is 10.6 Å². The average molecular weight is 408 g/mol. The van der Waals surface area contributed by atoms with E-state index in [9.17, 15) is 9.59 Å². The van der Waals surface area contributed by atoms with E-state index in [1.807, 2.05) is 42.5 Å². The fraction of sp³-hybridized carbons (Fsp3) is 0.348. The molecule has 29 heavy (non-hydrogen) atoms. The number of rotatable bonds is 7. The molecule has 6 heteroatoms. The number of nitrogens with zero attached hydrogens (tertiary/aromatic N) is 2. The smallest absolute Gasteiger partial charge is 0.266 e. The van der Waals surface area contributed by atoms with E-state index in [1.165, 1.54) is 30.2 Å². The Morgan fingerprint density at radius 2 is 1.93 bits per heavy atom. The number of para-hydroxylation sites is 1. The maximum atomic E-state index is 13.2. The number of thioether (sulfide) groups is 1. The van der Waals surface area contributed by atoms with Crippen LogP contribution >= 0.6 is 11.8 Å². The van der Waals surface area contributed by atoms with Crippen LogP contribution in [-0.2, 0) is 11.2 Å². The molecule has 1 N–H and O–H groups in total. The Hall–Kier alpha value is -2.60. The van der Waals surface area contributed by atoms with E-state index in [-0.39, 0.29) is 23.3 Å². The molecule has 0 saturated heterocycles. The number of carbonyl (C=O) groups is 1. The van der Waals surface area contributed by atoms with Gasteiger partial charge in [0.25, 0.3) is 5.56 Å². The lowest BCUT2D eigenvalue weighted by molar-refractivity contribution is -0.119. The van der Waals surface area contributed by atoms with Crippen LogP contribution in [0.2, 0.25) is 0 Å². The highest BCUT2D eigenvalue weighted by molar-refractivity contribution is 7.99. The van der Waals surface area contributed by atoms with Gasteiger partial charge in [0.15, 0.2) is 5.16 Å². The second kappa shape index (κ2) is 8.41. The zero-order valence-electron chi connectivity index (χ0n) is 16.7. The summed E-state index contributed by atoms with van der Waals surface area (Å²) in [6, 6.07) is 15.5. The number of hydrogen-bond acceptors (Lipinski definition) is 4. The summed E-state index contributed by atoms with van der Waals surface area (Å²) < 4.78 is 1.62. The van der Waals surface area contributed by atoms with Gasteiger partial charge in [-0.25, -0.2) is 4.98 Å². The summed E-state index contributed by atoms with van der Waals surface area (Å²) >= 11 is 1.30. The lowest BCUT2D eigenvalue weighted by atomic mass is 10.1. The van der Waals surface area contributed by atoms with Crippen LogP contribution in [0.5, 0.6) is 0 Å². The monoisotopic (exact) mass is 407 g/mol. The summed E-state index contributed by atoms with van der Waals surface area (Å²) in [4.78, 5) is 30.3. The van der Waals surface area contributed by atoms with Crippen molar-refractivity contribution in [3.05, 3.63) is 64.4 Å². The van der Waals surface area contributed by atoms with Crippen molar-refractivity contribution < 1.29 is 4.79 Å². The molecule has 3 aromatic rings. The van der Waals surface area contributed by atoms with E-state index in [2.05, 4.69) is 19.2 Å². The number of nitrogens with one attached hydrogen (secondary N) is 1. The van der Waals surface area contributed by atoms with E-state index in [0.29, 0.717) is 22.0 Å². The van der Waals surface area contributed by atoms with Gasteiger partial charge in [-0.05, 0) is 61.9 Å². The molecule has 1 aromatic heterocycles. The Morgan fingerprint density at radius 1 is 1.21 bits per heavy atom. The third kappa shape index (κ3) is 4.37. The molecular formula is C23H25N3O2S. The molecule has 1 atom stereocenters. The number of amides is 1. The van der Waals surface area contributed by atoms with Gasteiger partial charge in [0, 0.05) is 6.04 Å². The van der Waals surface area contributed by atoms with Gasteiger partial charge < -0.3 is 5.32 Å². The lowest BCUT2D eigenvalue weighted by Gasteiger charge is -2.15. The highest BCUT2D eigenvalue weighted by Crippen LogP contribution is 2.32. The van der Waals surface area contributed by atoms with Crippen LogP contribution in [0.25, 0.3) is 16.6 Å². The molecule has 1 saturated carbocycles. The van der Waals surface area contributed by atoms with Crippen LogP contribution in [0.1, 0.15) is 32.3 Å². The van der Waals surface area contributed by atoms with Crippen molar-refractivity contribution in [1.29, 1.82) is 0 Å². The van der Waals surface area contributed by atoms with Crippen molar-refractivity contribution in [2.45, 2.75) is 44.3 Å². The number of aromatic nitrogens is 2. The van der Waals surface area contributed by atoms with Crippen molar-refractivity contribution in [3.63, 3.8) is 0 Å². The first-order valence-corrected chi connectivity index (χ1v) is 11.1. The second-order valence-electron chi connectivity index (χ2n) is 7.55. The molecule has 1 aliphatic carbocycles. The highest BCUT2D eigenvalue weighted by atomic mass is 32.2. The fourth-order valence-electron chi connectivity index (χ4n) is 3.46. The van der Waals surface area contributed by atoms with Crippen LogP contribution in [-0.4, -0.2) is 27.3 Å². The Morgan fingerprint density at radius 3 is 2.62 bits per heavy atom. The SMILES string of the molecule is CCc1ccc(-n2c(SCC(=O)N[C@H](C)C3CC3)nc3ccccc3c2=O)cc1. The van der Waals surface area contributed by atoms with Gasteiger partial charge in [-0.1, -0.05) is 43.0 Å². The maximum absolute atomic E-state index is 13.2. The summed E-state index contributed by atoms with van der Waals surface area (Å²) in [5.74, 6) is 0.817. The molecule has 4 rings (SSSR count).